The van der Waals surface area contributed by atoms with Crippen molar-refractivity contribution in [1.82, 2.24) is 5.16 Å². The molecule has 76 valence electrons. The molecule has 0 bridgehead atoms. The van der Waals surface area contributed by atoms with E-state index in [1.54, 1.807) is 6.07 Å². The molecule has 0 atom stereocenters. The lowest BCUT2D eigenvalue weighted by molar-refractivity contribution is 0.0965. The van der Waals surface area contributed by atoms with Gasteiger partial charge in [0.1, 0.15) is 0 Å². The predicted molar refractivity (Wildman–Crippen MR) is 50.8 cm³/mol. The van der Waals surface area contributed by atoms with E-state index in [1.165, 1.54) is 19.3 Å². The molecular formula is C10H14N2O2. The smallest absolute Gasteiger partial charge is 0.287 e. The summed E-state index contributed by atoms with van der Waals surface area (Å²) in [6.07, 6.45) is 6.07. The van der Waals surface area contributed by atoms with Crippen LogP contribution in [0.15, 0.2) is 10.6 Å². The number of rotatable bonds is 2. The molecule has 0 aromatic carbocycles. The number of hydrogen-bond donors (Lipinski definition) is 1. The fourth-order valence-electron chi connectivity index (χ4n) is 2.00. The Balaban J connectivity index is 2.11. The number of carbonyl (C=O) groups is 1. The van der Waals surface area contributed by atoms with Crippen LogP contribution in [0.1, 0.15) is 54.3 Å². The van der Waals surface area contributed by atoms with E-state index in [0.717, 1.165) is 18.5 Å². The quantitative estimate of drug-likeness (QED) is 0.780. The number of amides is 1. The number of carbonyl (C=O) groups excluding carboxylic acids is 1. The van der Waals surface area contributed by atoms with Gasteiger partial charge < -0.3 is 10.3 Å². The van der Waals surface area contributed by atoms with Gasteiger partial charge in [-0.15, -0.1) is 0 Å². The third kappa shape index (κ3) is 1.78. The molecule has 4 nitrogen and oxygen atoms in total. The minimum atomic E-state index is -0.542. The summed E-state index contributed by atoms with van der Waals surface area (Å²) in [6.45, 7) is 0. The van der Waals surface area contributed by atoms with Crippen molar-refractivity contribution in [1.29, 1.82) is 0 Å². The summed E-state index contributed by atoms with van der Waals surface area (Å²) in [5.74, 6) is 0.0886. The van der Waals surface area contributed by atoms with Gasteiger partial charge >= 0.3 is 0 Å². The second-order valence-corrected chi connectivity index (χ2v) is 3.82. The minimum Gasteiger partial charge on any atom is -0.363 e. The van der Waals surface area contributed by atoms with Crippen molar-refractivity contribution in [3.63, 3.8) is 0 Å². The van der Waals surface area contributed by atoms with Crippen LogP contribution in [-0.4, -0.2) is 11.1 Å². The largest absolute Gasteiger partial charge is 0.363 e. The van der Waals surface area contributed by atoms with Gasteiger partial charge in [0.2, 0.25) is 5.76 Å². The molecule has 1 aromatic heterocycles. The van der Waals surface area contributed by atoms with E-state index in [4.69, 9.17) is 10.3 Å². The second kappa shape index (κ2) is 3.82. The molecule has 1 aliphatic carbocycles. The Kier molecular flexibility index (Phi) is 2.52. The lowest BCUT2D eigenvalue weighted by Gasteiger charge is -2.18. The monoisotopic (exact) mass is 194 g/mol. The maximum Gasteiger partial charge on any atom is 0.287 e. The molecule has 1 saturated carbocycles. The van der Waals surface area contributed by atoms with Gasteiger partial charge in [-0.05, 0) is 12.8 Å². The molecule has 0 unspecified atom stereocenters. The van der Waals surface area contributed by atoms with Crippen LogP contribution in [0.4, 0.5) is 0 Å². The van der Waals surface area contributed by atoms with Crippen molar-refractivity contribution < 1.29 is 9.32 Å². The molecule has 1 amide bonds. The average molecular weight is 194 g/mol. The number of hydrogen-bond acceptors (Lipinski definition) is 3. The van der Waals surface area contributed by atoms with Crippen LogP contribution in [-0.2, 0) is 0 Å². The predicted octanol–water partition coefficient (Wildman–Crippen LogP) is 1.82. The lowest BCUT2D eigenvalue weighted by atomic mass is 9.87. The Morgan fingerprint density at radius 2 is 2.14 bits per heavy atom. The van der Waals surface area contributed by atoms with Gasteiger partial charge in [-0.25, -0.2) is 0 Å². The normalized spacial score (nSPS) is 18.3. The molecule has 0 saturated heterocycles. The van der Waals surface area contributed by atoms with E-state index in [-0.39, 0.29) is 5.76 Å². The highest BCUT2D eigenvalue weighted by Crippen LogP contribution is 2.31. The maximum atomic E-state index is 10.8. The van der Waals surface area contributed by atoms with Gasteiger partial charge in [0, 0.05) is 12.0 Å². The molecule has 0 spiro atoms. The van der Waals surface area contributed by atoms with Gasteiger partial charge in [-0.2, -0.15) is 0 Å². The van der Waals surface area contributed by atoms with Crippen LogP contribution in [0.25, 0.3) is 0 Å². The molecule has 1 fully saturated rings. The van der Waals surface area contributed by atoms with E-state index in [1.807, 2.05) is 0 Å². The first-order valence-electron chi connectivity index (χ1n) is 5.04. The molecular weight excluding hydrogens is 180 g/mol. The molecule has 14 heavy (non-hydrogen) atoms. The Hall–Kier alpha value is -1.32. The van der Waals surface area contributed by atoms with Gasteiger partial charge in [0.05, 0.1) is 5.69 Å². The lowest BCUT2D eigenvalue weighted by Crippen LogP contribution is -2.09. The number of nitrogens with zero attached hydrogens (tertiary/aromatic N) is 1. The van der Waals surface area contributed by atoms with E-state index in [0.29, 0.717) is 5.92 Å². The van der Waals surface area contributed by atoms with Crippen LogP contribution in [0, 0.1) is 0 Å². The first-order chi connectivity index (χ1) is 6.77. The molecule has 1 aromatic rings. The summed E-state index contributed by atoms with van der Waals surface area (Å²) in [7, 11) is 0. The van der Waals surface area contributed by atoms with Gasteiger partial charge in [0.25, 0.3) is 5.91 Å². The molecule has 1 aliphatic rings. The standard InChI is InChI=1S/C10H14N2O2/c11-10(13)9-6-8(12-14-9)7-4-2-1-3-5-7/h6-7H,1-5H2,(H2,11,13). The zero-order valence-electron chi connectivity index (χ0n) is 8.03. The molecule has 0 aliphatic heterocycles. The van der Waals surface area contributed by atoms with Crippen LogP contribution < -0.4 is 5.73 Å². The van der Waals surface area contributed by atoms with Crippen LogP contribution in [0.2, 0.25) is 0 Å². The summed E-state index contributed by atoms with van der Waals surface area (Å²) >= 11 is 0. The van der Waals surface area contributed by atoms with Crippen molar-refractivity contribution in [2.75, 3.05) is 0 Å². The zero-order chi connectivity index (χ0) is 9.97. The first kappa shape index (κ1) is 9.24. The Morgan fingerprint density at radius 1 is 1.43 bits per heavy atom. The van der Waals surface area contributed by atoms with Crippen LogP contribution in [0.3, 0.4) is 0 Å². The van der Waals surface area contributed by atoms with Crippen LogP contribution >= 0.6 is 0 Å². The molecule has 4 heteroatoms. The van der Waals surface area contributed by atoms with Gasteiger partial charge in [-0.1, -0.05) is 24.4 Å². The van der Waals surface area contributed by atoms with Crippen molar-refractivity contribution in [3.8, 4) is 0 Å². The van der Waals surface area contributed by atoms with Crippen LogP contribution in [0.5, 0.6) is 0 Å². The first-order valence-corrected chi connectivity index (χ1v) is 5.04. The number of aromatic nitrogens is 1. The molecule has 0 radical (unpaired) electrons. The third-order valence-electron chi connectivity index (χ3n) is 2.79. The average Bonchev–Trinajstić information content (AvgIpc) is 2.68. The van der Waals surface area contributed by atoms with Crippen molar-refractivity contribution >= 4 is 5.91 Å². The van der Waals surface area contributed by atoms with Crippen molar-refractivity contribution in [3.05, 3.63) is 17.5 Å². The fraction of sp³-hybridized carbons (Fsp3) is 0.600. The Bertz CT molecular complexity index is 327. The summed E-state index contributed by atoms with van der Waals surface area (Å²) in [6, 6.07) is 1.68. The van der Waals surface area contributed by atoms with E-state index in [2.05, 4.69) is 5.16 Å². The van der Waals surface area contributed by atoms with Crippen molar-refractivity contribution in [2.24, 2.45) is 5.73 Å². The molecule has 2 N–H and O–H groups in total. The summed E-state index contributed by atoms with van der Waals surface area (Å²) < 4.78 is 4.85. The number of nitrogens with two attached hydrogens (primary N) is 1. The maximum absolute atomic E-state index is 10.8. The Morgan fingerprint density at radius 3 is 2.71 bits per heavy atom. The van der Waals surface area contributed by atoms with E-state index in [9.17, 15) is 4.79 Å². The molecule has 1 heterocycles. The Labute approximate surface area is 82.4 Å². The highest BCUT2D eigenvalue weighted by molar-refractivity contribution is 5.89. The SMILES string of the molecule is NC(=O)c1cc(C2CCCCC2)no1. The van der Waals surface area contributed by atoms with E-state index < -0.39 is 5.91 Å². The summed E-state index contributed by atoms with van der Waals surface area (Å²) in [5.41, 5.74) is 5.97. The summed E-state index contributed by atoms with van der Waals surface area (Å²) in [4.78, 5) is 10.8. The highest BCUT2D eigenvalue weighted by atomic mass is 16.5. The fourth-order valence-corrected chi connectivity index (χ4v) is 2.00. The van der Waals surface area contributed by atoms with Crippen molar-refractivity contribution in [2.45, 2.75) is 38.0 Å². The second-order valence-electron chi connectivity index (χ2n) is 3.82. The molecule has 2 rings (SSSR count). The minimum absolute atomic E-state index is 0.172. The third-order valence-corrected chi connectivity index (χ3v) is 2.79. The van der Waals surface area contributed by atoms with Gasteiger partial charge in [0.15, 0.2) is 0 Å². The number of primary amides is 1. The zero-order valence-corrected chi connectivity index (χ0v) is 8.03. The topological polar surface area (TPSA) is 69.1 Å². The summed E-state index contributed by atoms with van der Waals surface area (Å²) in [5, 5.41) is 3.89. The highest BCUT2D eigenvalue weighted by Gasteiger charge is 2.20. The van der Waals surface area contributed by atoms with Gasteiger partial charge in [-0.3, -0.25) is 4.79 Å². The van der Waals surface area contributed by atoms with E-state index >= 15 is 0 Å².